The number of hydrogen-bond acceptors (Lipinski definition) is 2. The predicted octanol–water partition coefficient (Wildman–Crippen LogP) is 3.46. The number of carboxylic acid groups (broad SMARTS) is 1. The Balaban J connectivity index is 2.05. The fourth-order valence-corrected chi connectivity index (χ4v) is 2.19. The molecule has 21 heavy (non-hydrogen) atoms. The maximum absolute atomic E-state index is 10.6. The van der Waals surface area contributed by atoms with E-state index in [0.29, 0.717) is 6.61 Å². The first-order chi connectivity index (χ1) is 10.2. The average Bonchev–Trinajstić information content (AvgIpc) is 2.47. The number of unbranched alkanes of at least 4 members (excludes halogenated alkanes) is 4. The SMILES string of the molecule is C#CCOCCCCCCCc1ccc(CC(=O)O)cc1. The Labute approximate surface area is 127 Å². The van der Waals surface area contributed by atoms with Crippen LogP contribution in [0, 0.1) is 12.3 Å². The Bertz CT molecular complexity index is 443. The van der Waals surface area contributed by atoms with Crippen LogP contribution in [0.5, 0.6) is 0 Å². The zero-order valence-corrected chi connectivity index (χ0v) is 12.5. The van der Waals surface area contributed by atoms with Gasteiger partial charge in [-0.2, -0.15) is 0 Å². The van der Waals surface area contributed by atoms with Gasteiger partial charge in [-0.05, 0) is 30.4 Å². The normalized spacial score (nSPS) is 10.2. The summed E-state index contributed by atoms with van der Waals surface area (Å²) in [6.45, 7) is 1.17. The third kappa shape index (κ3) is 8.88. The van der Waals surface area contributed by atoms with E-state index < -0.39 is 5.97 Å². The Kier molecular flexibility index (Phi) is 8.99. The Morgan fingerprint density at radius 1 is 1.05 bits per heavy atom. The van der Waals surface area contributed by atoms with Crippen LogP contribution in [0.1, 0.15) is 43.2 Å². The second kappa shape index (κ2) is 10.9. The number of ether oxygens (including phenoxy) is 1. The predicted molar refractivity (Wildman–Crippen MR) is 84.2 cm³/mol. The number of carbonyl (C=O) groups is 1. The minimum absolute atomic E-state index is 0.0992. The van der Waals surface area contributed by atoms with E-state index in [2.05, 4.69) is 5.92 Å². The van der Waals surface area contributed by atoms with Gasteiger partial charge < -0.3 is 9.84 Å². The van der Waals surface area contributed by atoms with Crippen molar-refractivity contribution in [3.63, 3.8) is 0 Å². The number of terminal acetylenes is 1. The van der Waals surface area contributed by atoms with Crippen LogP contribution in [0.3, 0.4) is 0 Å². The van der Waals surface area contributed by atoms with E-state index in [-0.39, 0.29) is 6.42 Å². The second-order valence-electron chi connectivity index (χ2n) is 5.16. The molecule has 0 amide bonds. The molecule has 0 bridgehead atoms. The van der Waals surface area contributed by atoms with E-state index in [0.717, 1.165) is 25.0 Å². The highest BCUT2D eigenvalue weighted by molar-refractivity contribution is 5.70. The third-order valence-electron chi connectivity index (χ3n) is 3.32. The molecule has 0 fully saturated rings. The molecule has 0 aliphatic rings. The summed E-state index contributed by atoms with van der Waals surface area (Å²) in [6.07, 6.45) is 12.1. The monoisotopic (exact) mass is 288 g/mol. The lowest BCUT2D eigenvalue weighted by Gasteiger charge is -2.04. The molecule has 0 aromatic heterocycles. The highest BCUT2D eigenvalue weighted by atomic mass is 16.5. The van der Waals surface area contributed by atoms with E-state index in [1.165, 1.54) is 31.2 Å². The zero-order chi connectivity index (χ0) is 15.3. The molecule has 1 rings (SSSR count). The number of aliphatic carboxylic acids is 1. The largest absolute Gasteiger partial charge is 0.481 e. The molecule has 0 aliphatic carbocycles. The summed E-state index contributed by atoms with van der Waals surface area (Å²) in [5.74, 6) is 1.67. The summed E-state index contributed by atoms with van der Waals surface area (Å²) in [6, 6.07) is 7.89. The number of rotatable bonds is 11. The number of aryl methyl sites for hydroxylation is 1. The lowest BCUT2D eigenvalue weighted by Crippen LogP contribution is -1.99. The van der Waals surface area contributed by atoms with Crippen molar-refractivity contribution >= 4 is 5.97 Å². The van der Waals surface area contributed by atoms with Crippen molar-refractivity contribution in [2.24, 2.45) is 0 Å². The van der Waals surface area contributed by atoms with Crippen molar-refractivity contribution in [2.75, 3.05) is 13.2 Å². The molecule has 3 heteroatoms. The topological polar surface area (TPSA) is 46.5 Å². The molecule has 1 aromatic rings. The van der Waals surface area contributed by atoms with Crippen molar-refractivity contribution in [2.45, 2.75) is 44.9 Å². The lowest BCUT2D eigenvalue weighted by molar-refractivity contribution is -0.136. The highest BCUT2D eigenvalue weighted by Crippen LogP contribution is 2.11. The fourth-order valence-electron chi connectivity index (χ4n) is 2.19. The first kappa shape index (κ1) is 17.3. The molecule has 0 saturated carbocycles. The third-order valence-corrected chi connectivity index (χ3v) is 3.32. The van der Waals surface area contributed by atoms with Gasteiger partial charge in [0.25, 0.3) is 0 Å². The van der Waals surface area contributed by atoms with Crippen molar-refractivity contribution in [3.05, 3.63) is 35.4 Å². The van der Waals surface area contributed by atoms with Crippen LogP contribution in [-0.2, 0) is 22.4 Å². The molecule has 114 valence electrons. The van der Waals surface area contributed by atoms with Gasteiger partial charge in [-0.3, -0.25) is 4.79 Å². The molecule has 0 saturated heterocycles. The standard InChI is InChI=1S/C18H24O3/c1-2-13-21-14-7-5-3-4-6-8-16-9-11-17(12-10-16)15-18(19)20/h1,9-12H,3-8,13-15H2,(H,19,20). The van der Waals surface area contributed by atoms with E-state index in [1.54, 1.807) is 0 Å². The van der Waals surface area contributed by atoms with Crippen molar-refractivity contribution in [1.29, 1.82) is 0 Å². The molecule has 3 nitrogen and oxygen atoms in total. The zero-order valence-electron chi connectivity index (χ0n) is 12.5. The number of carboxylic acids is 1. The molecule has 1 aromatic carbocycles. The van der Waals surface area contributed by atoms with Gasteiger partial charge in [-0.15, -0.1) is 6.42 Å². The summed E-state index contributed by atoms with van der Waals surface area (Å²) in [4.78, 5) is 10.6. The fraction of sp³-hybridized carbons (Fsp3) is 0.500. The maximum atomic E-state index is 10.6. The van der Waals surface area contributed by atoms with Gasteiger partial charge in [-0.25, -0.2) is 0 Å². The summed E-state index contributed by atoms with van der Waals surface area (Å²) in [7, 11) is 0. The van der Waals surface area contributed by atoms with Gasteiger partial charge in [0.05, 0.1) is 6.42 Å². The number of hydrogen-bond donors (Lipinski definition) is 1. The highest BCUT2D eigenvalue weighted by Gasteiger charge is 2.00. The second-order valence-corrected chi connectivity index (χ2v) is 5.16. The van der Waals surface area contributed by atoms with Crippen LogP contribution in [0.2, 0.25) is 0 Å². The molecule has 0 heterocycles. The van der Waals surface area contributed by atoms with Crippen LogP contribution in [0.4, 0.5) is 0 Å². The van der Waals surface area contributed by atoms with Crippen LogP contribution < -0.4 is 0 Å². The van der Waals surface area contributed by atoms with Crippen LogP contribution in [-0.4, -0.2) is 24.3 Å². The molecule has 0 atom stereocenters. The van der Waals surface area contributed by atoms with Crippen LogP contribution >= 0.6 is 0 Å². The first-order valence-electron chi connectivity index (χ1n) is 7.53. The van der Waals surface area contributed by atoms with Gasteiger partial charge in [0.1, 0.15) is 6.61 Å². The van der Waals surface area contributed by atoms with Crippen molar-refractivity contribution in [1.82, 2.24) is 0 Å². The van der Waals surface area contributed by atoms with Crippen LogP contribution in [0.25, 0.3) is 0 Å². The van der Waals surface area contributed by atoms with Gasteiger partial charge in [0.2, 0.25) is 0 Å². The van der Waals surface area contributed by atoms with E-state index >= 15 is 0 Å². The molecule has 1 N–H and O–H groups in total. The average molecular weight is 288 g/mol. The van der Waals surface area contributed by atoms with Crippen LogP contribution in [0.15, 0.2) is 24.3 Å². The first-order valence-corrected chi connectivity index (χ1v) is 7.53. The quantitative estimate of drug-likeness (QED) is 0.501. The number of benzene rings is 1. The smallest absolute Gasteiger partial charge is 0.307 e. The molecule has 0 radical (unpaired) electrons. The Morgan fingerprint density at radius 2 is 1.67 bits per heavy atom. The summed E-state index contributed by atoms with van der Waals surface area (Å²) >= 11 is 0. The van der Waals surface area contributed by atoms with Gasteiger partial charge in [0.15, 0.2) is 0 Å². The van der Waals surface area contributed by atoms with E-state index in [4.69, 9.17) is 16.3 Å². The molecule has 0 spiro atoms. The molecule has 0 unspecified atom stereocenters. The molecular formula is C18H24O3. The summed E-state index contributed by atoms with van der Waals surface area (Å²) < 4.78 is 5.22. The van der Waals surface area contributed by atoms with E-state index in [9.17, 15) is 4.79 Å². The molecular weight excluding hydrogens is 264 g/mol. The Hall–Kier alpha value is -1.79. The van der Waals surface area contributed by atoms with Crippen molar-refractivity contribution < 1.29 is 14.6 Å². The summed E-state index contributed by atoms with van der Waals surface area (Å²) in [5.41, 5.74) is 2.14. The Morgan fingerprint density at radius 3 is 2.33 bits per heavy atom. The lowest BCUT2D eigenvalue weighted by atomic mass is 10.0. The maximum Gasteiger partial charge on any atom is 0.307 e. The van der Waals surface area contributed by atoms with Gasteiger partial charge in [-0.1, -0.05) is 49.4 Å². The van der Waals surface area contributed by atoms with Crippen molar-refractivity contribution in [3.8, 4) is 12.3 Å². The summed E-state index contributed by atoms with van der Waals surface area (Å²) in [5, 5.41) is 8.71. The minimum Gasteiger partial charge on any atom is -0.481 e. The molecule has 0 aliphatic heterocycles. The van der Waals surface area contributed by atoms with Gasteiger partial charge in [0, 0.05) is 6.61 Å². The van der Waals surface area contributed by atoms with Gasteiger partial charge >= 0.3 is 5.97 Å². The minimum atomic E-state index is -0.783. The van der Waals surface area contributed by atoms with E-state index in [1.807, 2.05) is 24.3 Å².